The van der Waals surface area contributed by atoms with Gasteiger partial charge < -0.3 is 20.1 Å². The summed E-state index contributed by atoms with van der Waals surface area (Å²) in [5.41, 5.74) is 3.18. The molecule has 4 rings (SSSR count). The van der Waals surface area contributed by atoms with Crippen LogP contribution < -0.4 is 15.4 Å². The number of rotatable bonds is 9. The third kappa shape index (κ3) is 8.10. The summed E-state index contributed by atoms with van der Waals surface area (Å²) < 4.78 is 10.9. The molecule has 0 fully saturated rings. The molecule has 1 aliphatic heterocycles. The van der Waals surface area contributed by atoms with Gasteiger partial charge in [0.2, 0.25) is 0 Å². The molecule has 1 amide bonds. The standard InChI is InChI=1S/C28H29Cl2N3O4.C2H6/c1-17(23-13-10-19-5-4-14-31-26(19)32-23)16-37-20-11-8-18(9-12-20)15-24(28(35)36-2)33-27(34)25-21(29)6-3-7-22(25)30;1-2/h3,6-13,17,24H,4-5,14-16H2,1-2H3,(H,31,32)(H,33,34);1-2H3. The molecule has 0 saturated carbocycles. The Kier molecular flexibility index (Phi) is 11.4. The van der Waals surface area contributed by atoms with Crippen molar-refractivity contribution in [2.24, 2.45) is 0 Å². The van der Waals surface area contributed by atoms with Crippen LogP contribution in [0, 0.1) is 0 Å². The Morgan fingerprint density at radius 3 is 2.41 bits per heavy atom. The van der Waals surface area contributed by atoms with E-state index in [0.717, 1.165) is 36.5 Å². The topological polar surface area (TPSA) is 89.6 Å². The van der Waals surface area contributed by atoms with Gasteiger partial charge in [0.15, 0.2) is 0 Å². The first-order chi connectivity index (χ1) is 18.9. The van der Waals surface area contributed by atoms with Gasteiger partial charge in [-0.2, -0.15) is 0 Å². The quantitative estimate of drug-likeness (QED) is 0.286. The lowest BCUT2D eigenvalue weighted by Crippen LogP contribution is -2.43. The fourth-order valence-electron chi connectivity index (χ4n) is 4.16. The molecule has 0 aliphatic carbocycles. The van der Waals surface area contributed by atoms with Gasteiger partial charge in [0.25, 0.3) is 5.91 Å². The molecule has 2 N–H and O–H groups in total. The first-order valence-corrected chi connectivity index (χ1v) is 13.9. The molecule has 2 heterocycles. The number of aromatic nitrogens is 1. The summed E-state index contributed by atoms with van der Waals surface area (Å²) in [7, 11) is 1.27. The predicted octanol–water partition coefficient (Wildman–Crippen LogP) is 6.47. The highest BCUT2D eigenvalue weighted by molar-refractivity contribution is 6.39. The first kappa shape index (κ1) is 30.3. The van der Waals surface area contributed by atoms with Gasteiger partial charge in [-0.1, -0.05) is 68.2 Å². The normalized spacial score (nSPS) is 13.5. The highest BCUT2D eigenvalue weighted by Gasteiger charge is 2.25. The van der Waals surface area contributed by atoms with Crippen molar-refractivity contribution in [2.75, 3.05) is 25.6 Å². The molecule has 208 valence electrons. The summed E-state index contributed by atoms with van der Waals surface area (Å²) in [6.45, 7) is 7.51. The average Bonchev–Trinajstić information content (AvgIpc) is 2.96. The van der Waals surface area contributed by atoms with Crippen LogP contribution in [0.5, 0.6) is 5.75 Å². The van der Waals surface area contributed by atoms with E-state index < -0.39 is 17.9 Å². The molecule has 0 spiro atoms. The SMILES string of the molecule is CC.COC(=O)C(Cc1ccc(OCC(C)c2ccc3c(n2)NCCC3)cc1)NC(=O)c1c(Cl)cccc1Cl. The maximum absolute atomic E-state index is 12.8. The van der Waals surface area contributed by atoms with Crippen molar-refractivity contribution in [3.63, 3.8) is 0 Å². The number of benzene rings is 2. The summed E-state index contributed by atoms with van der Waals surface area (Å²) in [5.74, 6) is 0.671. The Hall–Kier alpha value is -3.29. The van der Waals surface area contributed by atoms with E-state index >= 15 is 0 Å². The summed E-state index contributed by atoms with van der Waals surface area (Å²) in [4.78, 5) is 29.9. The molecule has 0 radical (unpaired) electrons. The van der Waals surface area contributed by atoms with E-state index in [1.807, 2.05) is 38.1 Å². The van der Waals surface area contributed by atoms with Gasteiger partial charge in [0.05, 0.1) is 29.3 Å². The van der Waals surface area contributed by atoms with Gasteiger partial charge in [0.1, 0.15) is 17.6 Å². The minimum atomic E-state index is -0.916. The van der Waals surface area contributed by atoms with Crippen LogP contribution in [0.25, 0.3) is 0 Å². The average molecular weight is 573 g/mol. The van der Waals surface area contributed by atoms with Crippen molar-refractivity contribution in [3.8, 4) is 5.75 Å². The molecule has 39 heavy (non-hydrogen) atoms. The number of pyridine rings is 1. The smallest absolute Gasteiger partial charge is 0.328 e. The van der Waals surface area contributed by atoms with Crippen molar-refractivity contribution in [3.05, 3.63) is 87.0 Å². The lowest BCUT2D eigenvalue weighted by atomic mass is 10.0. The summed E-state index contributed by atoms with van der Waals surface area (Å²) >= 11 is 12.3. The number of hydrogen-bond donors (Lipinski definition) is 2. The van der Waals surface area contributed by atoms with Gasteiger partial charge in [-0.15, -0.1) is 0 Å². The van der Waals surface area contributed by atoms with Gasteiger partial charge in [-0.25, -0.2) is 9.78 Å². The highest BCUT2D eigenvalue weighted by atomic mass is 35.5. The van der Waals surface area contributed by atoms with Gasteiger partial charge >= 0.3 is 5.97 Å². The fraction of sp³-hybridized carbons (Fsp3) is 0.367. The van der Waals surface area contributed by atoms with Crippen LogP contribution in [-0.4, -0.2) is 43.2 Å². The Morgan fingerprint density at radius 1 is 1.05 bits per heavy atom. The predicted molar refractivity (Wildman–Crippen MR) is 156 cm³/mol. The molecule has 2 unspecified atom stereocenters. The number of nitrogens with zero attached hydrogens (tertiary/aromatic N) is 1. The summed E-state index contributed by atoms with van der Waals surface area (Å²) in [6.07, 6.45) is 2.41. The Labute approximate surface area is 240 Å². The highest BCUT2D eigenvalue weighted by Crippen LogP contribution is 2.25. The second-order valence-electron chi connectivity index (χ2n) is 8.98. The minimum Gasteiger partial charge on any atom is -0.493 e. The largest absolute Gasteiger partial charge is 0.493 e. The lowest BCUT2D eigenvalue weighted by molar-refractivity contribution is -0.142. The Balaban J connectivity index is 0.00000205. The Bertz CT molecular complexity index is 1250. The molecule has 3 aromatic rings. The van der Waals surface area contributed by atoms with E-state index in [4.69, 9.17) is 37.7 Å². The zero-order valence-electron chi connectivity index (χ0n) is 22.7. The zero-order chi connectivity index (χ0) is 28.4. The number of carbonyl (C=O) groups excluding carboxylic acids is 2. The maximum Gasteiger partial charge on any atom is 0.328 e. The van der Waals surface area contributed by atoms with E-state index in [2.05, 4.69) is 29.7 Å². The monoisotopic (exact) mass is 571 g/mol. The minimum absolute atomic E-state index is 0.113. The molecule has 0 bridgehead atoms. The molecular weight excluding hydrogens is 537 g/mol. The number of ether oxygens (including phenoxy) is 2. The molecule has 2 aromatic carbocycles. The first-order valence-electron chi connectivity index (χ1n) is 13.1. The van der Waals surface area contributed by atoms with Gasteiger partial charge in [-0.3, -0.25) is 4.79 Å². The number of methoxy groups -OCH3 is 1. The summed E-state index contributed by atoms with van der Waals surface area (Å²) in [6, 6.07) is 15.4. The van der Waals surface area contributed by atoms with Crippen LogP contribution in [0.1, 0.15) is 60.3 Å². The number of carbonyl (C=O) groups is 2. The van der Waals surface area contributed by atoms with Crippen LogP contribution in [0.2, 0.25) is 10.0 Å². The molecule has 7 nitrogen and oxygen atoms in total. The van der Waals surface area contributed by atoms with Crippen molar-refractivity contribution >= 4 is 40.9 Å². The second-order valence-corrected chi connectivity index (χ2v) is 9.79. The van der Waals surface area contributed by atoms with E-state index in [9.17, 15) is 9.59 Å². The fourth-order valence-corrected chi connectivity index (χ4v) is 4.73. The molecule has 0 saturated heterocycles. The number of nitrogens with one attached hydrogen (secondary N) is 2. The number of aryl methyl sites for hydroxylation is 1. The Morgan fingerprint density at radius 2 is 1.74 bits per heavy atom. The van der Waals surface area contributed by atoms with Gasteiger partial charge in [-0.05, 0) is 54.3 Å². The van der Waals surface area contributed by atoms with Crippen molar-refractivity contribution in [1.29, 1.82) is 0 Å². The molecule has 9 heteroatoms. The number of fused-ring (bicyclic) bond motifs is 1. The number of amides is 1. The lowest BCUT2D eigenvalue weighted by Gasteiger charge is -2.20. The number of esters is 1. The third-order valence-corrected chi connectivity index (χ3v) is 6.89. The number of hydrogen-bond acceptors (Lipinski definition) is 6. The van der Waals surface area contributed by atoms with Crippen LogP contribution in [0.4, 0.5) is 5.82 Å². The van der Waals surface area contributed by atoms with Crippen LogP contribution in [0.15, 0.2) is 54.6 Å². The summed E-state index contributed by atoms with van der Waals surface area (Å²) in [5, 5.41) is 6.45. The van der Waals surface area contributed by atoms with Crippen molar-refractivity contribution in [1.82, 2.24) is 10.3 Å². The van der Waals surface area contributed by atoms with Gasteiger partial charge in [0, 0.05) is 24.6 Å². The van der Waals surface area contributed by atoms with E-state index in [0.29, 0.717) is 12.4 Å². The zero-order valence-corrected chi connectivity index (χ0v) is 24.2. The molecule has 1 aliphatic rings. The number of halogens is 2. The third-order valence-electron chi connectivity index (χ3n) is 6.26. The molecule has 1 aromatic heterocycles. The second kappa shape index (κ2) is 14.8. The van der Waals surface area contributed by atoms with Crippen molar-refractivity contribution < 1.29 is 19.1 Å². The van der Waals surface area contributed by atoms with Crippen molar-refractivity contribution in [2.45, 2.75) is 52.0 Å². The van der Waals surface area contributed by atoms with E-state index in [-0.39, 0.29) is 27.9 Å². The molecule has 2 atom stereocenters. The van der Waals surface area contributed by atoms with Crippen LogP contribution in [-0.2, 0) is 22.4 Å². The molecular formula is C30H35Cl2N3O4. The maximum atomic E-state index is 12.8. The van der Waals surface area contributed by atoms with Crippen LogP contribution >= 0.6 is 23.2 Å². The van der Waals surface area contributed by atoms with E-state index in [1.165, 1.54) is 12.7 Å². The van der Waals surface area contributed by atoms with E-state index in [1.54, 1.807) is 18.2 Å². The van der Waals surface area contributed by atoms with Crippen LogP contribution in [0.3, 0.4) is 0 Å². The number of anilines is 1.